The number of carbonyl (C=O) groups excluding carboxylic acids is 3. The molecule has 1 aliphatic rings. The predicted molar refractivity (Wildman–Crippen MR) is 186 cm³/mol. The Morgan fingerprint density at radius 3 is 2.13 bits per heavy atom. The Labute approximate surface area is 300 Å². The van der Waals surface area contributed by atoms with Gasteiger partial charge in [-0.15, -0.1) is 0 Å². The SMILES string of the molecule is CC(C)(CNC(=O)C(=O)Nc1ccc(F)c(N)c1)CNC(=O)c1ccc(Nc2nc(NC3(c4ccc(Cl)cc4)CC3)nc(OCC(F)(F)F)n2)cc1. The molecule has 1 saturated carbocycles. The Bertz CT molecular complexity index is 1940. The number of hydrogen-bond donors (Lipinski definition) is 6. The third-order valence-electron chi connectivity index (χ3n) is 7.80. The van der Waals surface area contributed by atoms with Crippen molar-refractivity contribution in [1.29, 1.82) is 0 Å². The van der Waals surface area contributed by atoms with E-state index in [0.717, 1.165) is 24.5 Å². The lowest BCUT2D eigenvalue weighted by Gasteiger charge is -2.25. The van der Waals surface area contributed by atoms with E-state index in [2.05, 4.69) is 41.5 Å². The number of nitrogens with one attached hydrogen (secondary N) is 5. The van der Waals surface area contributed by atoms with Gasteiger partial charge >= 0.3 is 24.0 Å². The fraction of sp³-hybridized carbons (Fsp3) is 0.294. The van der Waals surface area contributed by atoms with Gasteiger partial charge in [-0.3, -0.25) is 14.4 Å². The van der Waals surface area contributed by atoms with Crippen LogP contribution in [-0.4, -0.2) is 58.5 Å². The van der Waals surface area contributed by atoms with Crippen molar-refractivity contribution in [2.45, 2.75) is 38.4 Å². The number of aromatic nitrogens is 3. The summed E-state index contributed by atoms with van der Waals surface area (Å²) < 4.78 is 56.9. The van der Waals surface area contributed by atoms with Gasteiger partial charge < -0.3 is 37.1 Å². The number of nitrogens with two attached hydrogens (primary N) is 1. The monoisotopic (exact) mass is 743 g/mol. The number of hydrogen-bond acceptors (Lipinski definition) is 10. The van der Waals surface area contributed by atoms with Crippen molar-refractivity contribution in [3.63, 3.8) is 0 Å². The van der Waals surface area contributed by atoms with E-state index >= 15 is 0 Å². The molecule has 1 heterocycles. The maximum Gasteiger partial charge on any atom is 0.422 e. The van der Waals surface area contributed by atoms with Crippen LogP contribution in [0.2, 0.25) is 5.02 Å². The molecule has 0 bridgehead atoms. The summed E-state index contributed by atoms with van der Waals surface area (Å²) >= 11 is 6.02. The molecule has 1 fully saturated rings. The van der Waals surface area contributed by atoms with Gasteiger partial charge in [-0.1, -0.05) is 37.6 Å². The van der Waals surface area contributed by atoms with Crippen molar-refractivity contribution in [3.8, 4) is 6.01 Å². The van der Waals surface area contributed by atoms with Crippen LogP contribution >= 0.6 is 11.6 Å². The molecule has 13 nitrogen and oxygen atoms in total. The summed E-state index contributed by atoms with van der Waals surface area (Å²) in [7, 11) is 0. The third kappa shape index (κ3) is 10.4. The molecule has 0 aliphatic heterocycles. The van der Waals surface area contributed by atoms with E-state index in [-0.39, 0.29) is 41.9 Å². The Kier molecular flexibility index (Phi) is 11.0. The normalized spacial score (nSPS) is 13.4. The summed E-state index contributed by atoms with van der Waals surface area (Å²) in [5.41, 5.74) is 5.86. The Morgan fingerprint density at radius 2 is 1.50 bits per heavy atom. The van der Waals surface area contributed by atoms with Gasteiger partial charge in [-0.05, 0) is 78.4 Å². The molecule has 7 N–H and O–H groups in total. The molecule has 3 aromatic carbocycles. The van der Waals surface area contributed by atoms with Gasteiger partial charge in [0.15, 0.2) is 6.61 Å². The van der Waals surface area contributed by atoms with Gasteiger partial charge in [0.2, 0.25) is 11.9 Å². The van der Waals surface area contributed by atoms with E-state index in [1.54, 1.807) is 38.1 Å². The number of alkyl halides is 3. The Morgan fingerprint density at radius 1 is 0.865 bits per heavy atom. The molecule has 1 aliphatic carbocycles. The van der Waals surface area contributed by atoms with E-state index in [1.165, 1.54) is 24.3 Å². The number of nitrogen functional groups attached to an aromatic ring is 1. The van der Waals surface area contributed by atoms with Crippen LogP contribution in [0.3, 0.4) is 0 Å². The molecule has 18 heteroatoms. The van der Waals surface area contributed by atoms with Gasteiger partial charge in [0, 0.05) is 35.1 Å². The number of rotatable bonds is 13. The number of nitrogens with zero attached hydrogens (tertiary/aromatic N) is 3. The molecule has 5 rings (SSSR count). The van der Waals surface area contributed by atoms with Crippen molar-refractivity contribution in [2.24, 2.45) is 5.41 Å². The number of amides is 3. The summed E-state index contributed by atoms with van der Waals surface area (Å²) in [6.45, 7) is 2.09. The molecule has 0 saturated heterocycles. The zero-order valence-electron chi connectivity index (χ0n) is 27.8. The molecule has 1 aromatic heterocycles. The molecule has 274 valence electrons. The lowest BCUT2D eigenvalue weighted by Crippen LogP contribution is -2.44. The highest BCUT2D eigenvalue weighted by atomic mass is 35.5. The van der Waals surface area contributed by atoms with E-state index in [4.69, 9.17) is 22.1 Å². The lowest BCUT2D eigenvalue weighted by atomic mass is 9.93. The highest BCUT2D eigenvalue weighted by Crippen LogP contribution is 2.48. The first-order valence-corrected chi connectivity index (χ1v) is 16.2. The number of carbonyl (C=O) groups is 3. The summed E-state index contributed by atoms with van der Waals surface area (Å²) in [5, 5.41) is 14.3. The number of ether oxygens (including phenoxy) is 1. The van der Waals surface area contributed by atoms with Crippen LogP contribution in [0.5, 0.6) is 6.01 Å². The standard InChI is InChI=1S/C34H34ClF4N9O4/c1-32(2,17-42-27(50)28(51)43-23-11-12-24(36)25(40)15-23)16-41-26(49)19-3-9-22(10-4-19)44-29-45-30(47-31(46-29)52-18-34(37,38)39)48-33(13-14-33)20-5-7-21(35)8-6-20/h3-12,15H,13-14,16-18,40H2,1-2H3,(H,41,49)(H,42,50)(H,43,51)(H2,44,45,46,47,48). The average Bonchev–Trinajstić information content (AvgIpc) is 3.87. The third-order valence-corrected chi connectivity index (χ3v) is 8.05. The van der Waals surface area contributed by atoms with Crippen LogP contribution in [0.25, 0.3) is 0 Å². The minimum Gasteiger partial charge on any atom is -0.454 e. The largest absolute Gasteiger partial charge is 0.454 e. The zero-order chi connectivity index (χ0) is 37.7. The van der Waals surface area contributed by atoms with Crippen molar-refractivity contribution in [1.82, 2.24) is 25.6 Å². The van der Waals surface area contributed by atoms with Crippen LogP contribution in [0.15, 0.2) is 66.7 Å². The van der Waals surface area contributed by atoms with E-state index in [0.29, 0.717) is 10.7 Å². The molecule has 0 spiro atoms. The topological polar surface area (TPSA) is 185 Å². The second-order valence-electron chi connectivity index (χ2n) is 12.8. The van der Waals surface area contributed by atoms with Gasteiger partial charge in [0.1, 0.15) is 5.82 Å². The average molecular weight is 744 g/mol. The minimum atomic E-state index is -4.62. The van der Waals surface area contributed by atoms with Gasteiger partial charge in [0.25, 0.3) is 5.91 Å². The van der Waals surface area contributed by atoms with E-state index < -0.39 is 53.3 Å². The van der Waals surface area contributed by atoms with Gasteiger partial charge in [0.05, 0.1) is 11.2 Å². The van der Waals surface area contributed by atoms with Crippen LogP contribution in [0, 0.1) is 11.2 Å². The maximum atomic E-state index is 13.4. The van der Waals surface area contributed by atoms with Crippen molar-refractivity contribution in [2.75, 3.05) is 41.4 Å². The van der Waals surface area contributed by atoms with Gasteiger partial charge in [-0.25, -0.2) is 4.39 Å². The zero-order valence-corrected chi connectivity index (χ0v) is 28.6. The molecule has 52 heavy (non-hydrogen) atoms. The van der Waals surface area contributed by atoms with Gasteiger partial charge in [-0.2, -0.15) is 28.1 Å². The summed E-state index contributed by atoms with van der Waals surface area (Å²) in [4.78, 5) is 49.8. The summed E-state index contributed by atoms with van der Waals surface area (Å²) in [5.74, 6) is -3.09. The number of anilines is 5. The smallest absolute Gasteiger partial charge is 0.422 e. The predicted octanol–water partition coefficient (Wildman–Crippen LogP) is 5.54. The van der Waals surface area contributed by atoms with Crippen LogP contribution in [-0.2, 0) is 15.1 Å². The summed E-state index contributed by atoms with van der Waals surface area (Å²) in [6, 6.07) is 16.3. The van der Waals surface area contributed by atoms with Crippen LogP contribution in [0.1, 0.15) is 42.6 Å². The molecule has 0 atom stereocenters. The van der Waals surface area contributed by atoms with Crippen LogP contribution < -0.4 is 37.1 Å². The first kappa shape index (κ1) is 37.5. The first-order valence-electron chi connectivity index (χ1n) is 15.8. The first-order chi connectivity index (χ1) is 24.5. The Balaban J connectivity index is 1.17. The van der Waals surface area contributed by atoms with Crippen molar-refractivity contribution >= 4 is 58.3 Å². The molecule has 4 aromatic rings. The quantitative estimate of drug-likeness (QED) is 0.0577. The molecule has 0 radical (unpaired) electrons. The molecular weight excluding hydrogens is 710 g/mol. The molecule has 0 unspecified atom stereocenters. The molecule has 3 amide bonds. The lowest BCUT2D eigenvalue weighted by molar-refractivity contribution is -0.154. The fourth-order valence-electron chi connectivity index (χ4n) is 4.80. The summed E-state index contributed by atoms with van der Waals surface area (Å²) in [6.07, 6.45) is -3.17. The number of benzene rings is 3. The highest BCUT2D eigenvalue weighted by molar-refractivity contribution is 6.39. The maximum absolute atomic E-state index is 13.4. The van der Waals surface area contributed by atoms with Crippen molar-refractivity contribution < 1.29 is 36.7 Å². The number of halogens is 5. The van der Waals surface area contributed by atoms with E-state index in [9.17, 15) is 31.9 Å². The second kappa shape index (κ2) is 15.3. The Hall–Kier alpha value is -5.71. The second-order valence-corrected chi connectivity index (χ2v) is 13.2. The van der Waals surface area contributed by atoms with Crippen molar-refractivity contribution in [3.05, 3.63) is 88.7 Å². The van der Waals surface area contributed by atoms with Crippen LogP contribution in [0.4, 0.5) is 46.5 Å². The molecular formula is C34H34ClF4N9O4. The highest BCUT2D eigenvalue weighted by Gasteiger charge is 2.45. The minimum absolute atomic E-state index is 0.00406. The van der Waals surface area contributed by atoms with E-state index in [1.807, 2.05) is 12.1 Å². The fourth-order valence-corrected chi connectivity index (χ4v) is 4.93.